The summed E-state index contributed by atoms with van der Waals surface area (Å²) in [4.78, 5) is 27.0. The summed E-state index contributed by atoms with van der Waals surface area (Å²) in [6, 6.07) is 0. The lowest BCUT2D eigenvalue weighted by molar-refractivity contribution is -0.134. The Hall–Kier alpha value is -1.14. The minimum atomic E-state index is 0.0330. The molecule has 2 amide bonds. The first-order valence-electron chi connectivity index (χ1n) is 6.53. The van der Waals surface area contributed by atoms with Crippen LogP contribution in [0.3, 0.4) is 0 Å². The smallest absolute Gasteiger partial charge is 0.236 e. The first kappa shape index (κ1) is 14.9. The van der Waals surface area contributed by atoms with Gasteiger partial charge < -0.3 is 14.5 Å². The summed E-state index contributed by atoms with van der Waals surface area (Å²) < 4.78 is 5.18. The molecule has 0 spiro atoms. The average Bonchev–Trinajstić information content (AvgIpc) is 2.41. The van der Waals surface area contributed by atoms with Crippen molar-refractivity contribution in [1.82, 2.24) is 15.1 Å². The van der Waals surface area contributed by atoms with E-state index in [1.807, 2.05) is 13.8 Å². The Morgan fingerprint density at radius 1 is 1.17 bits per heavy atom. The van der Waals surface area contributed by atoms with Crippen LogP contribution in [0.1, 0.15) is 13.8 Å². The lowest BCUT2D eigenvalue weighted by Gasteiger charge is -2.27. The van der Waals surface area contributed by atoms with Gasteiger partial charge in [0.05, 0.1) is 26.3 Å². The molecule has 6 nitrogen and oxygen atoms in total. The summed E-state index contributed by atoms with van der Waals surface area (Å²) in [5.41, 5.74) is 0. The van der Waals surface area contributed by atoms with Gasteiger partial charge in [0.1, 0.15) is 0 Å². The third kappa shape index (κ3) is 4.62. The second kappa shape index (κ2) is 8.05. The van der Waals surface area contributed by atoms with Gasteiger partial charge in [-0.1, -0.05) is 0 Å². The Morgan fingerprint density at radius 3 is 2.33 bits per heavy atom. The number of amides is 2. The number of rotatable bonds is 6. The Labute approximate surface area is 108 Å². The van der Waals surface area contributed by atoms with E-state index in [0.717, 1.165) is 0 Å². The third-order valence-corrected chi connectivity index (χ3v) is 3.03. The zero-order chi connectivity index (χ0) is 13.4. The highest BCUT2D eigenvalue weighted by Gasteiger charge is 2.17. The van der Waals surface area contributed by atoms with Crippen molar-refractivity contribution in [3.8, 4) is 0 Å². The zero-order valence-electron chi connectivity index (χ0n) is 11.3. The molecule has 0 radical (unpaired) electrons. The van der Waals surface area contributed by atoms with E-state index in [4.69, 9.17) is 4.74 Å². The quantitative estimate of drug-likeness (QED) is 0.684. The van der Waals surface area contributed by atoms with Crippen molar-refractivity contribution < 1.29 is 14.3 Å². The van der Waals surface area contributed by atoms with Gasteiger partial charge in [-0.15, -0.1) is 0 Å². The largest absolute Gasteiger partial charge is 0.378 e. The highest BCUT2D eigenvalue weighted by Crippen LogP contribution is 1.96. The molecular weight excluding hydrogens is 234 g/mol. The van der Waals surface area contributed by atoms with Crippen molar-refractivity contribution >= 4 is 11.8 Å². The van der Waals surface area contributed by atoms with Crippen LogP contribution in [0.25, 0.3) is 0 Å². The van der Waals surface area contributed by atoms with Crippen LogP contribution in [0, 0.1) is 0 Å². The van der Waals surface area contributed by atoms with E-state index in [0.29, 0.717) is 39.4 Å². The molecule has 1 N–H and O–H groups in total. The van der Waals surface area contributed by atoms with Crippen molar-refractivity contribution in [2.75, 3.05) is 52.5 Å². The molecule has 1 fully saturated rings. The molecule has 0 bridgehead atoms. The molecule has 18 heavy (non-hydrogen) atoms. The topological polar surface area (TPSA) is 61.9 Å². The molecule has 0 saturated carbocycles. The van der Waals surface area contributed by atoms with Crippen LogP contribution in [-0.4, -0.2) is 74.1 Å². The SMILES string of the molecule is CCN(CC)C(=O)CNCC(=O)N1CCOCC1. The van der Waals surface area contributed by atoms with Crippen LogP contribution in [0.5, 0.6) is 0 Å². The fourth-order valence-corrected chi connectivity index (χ4v) is 1.89. The molecule has 0 unspecified atom stereocenters. The molecule has 0 aromatic carbocycles. The van der Waals surface area contributed by atoms with Crippen molar-refractivity contribution in [2.45, 2.75) is 13.8 Å². The van der Waals surface area contributed by atoms with Gasteiger partial charge in [-0.25, -0.2) is 0 Å². The number of hydrogen-bond donors (Lipinski definition) is 1. The number of nitrogens with zero attached hydrogens (tertiary/aromatic N) is 2. The Bertz CT molecular complexity index is 274. The minimum absolute atomic E-state index is 0.0330. The molecule has 0 aromatic heterocycles. The van der Waals surface area contributed by atoms with E-state index in [-0.39, 0.29) is 24.9 Å². The number of nitrogens with one attached hydrogen (secondary N) is 1. The van der Waals surface area contributed by atoms with Crippen molar-refractivity contribution in [3.63, 3.8) is 0 Å². The summed E-state index contributed by atoms with van der Waals surface area (Å²) in [5.74, 6) is 0.0698. The highest BCUT2D eigenvalue weighted by molar-refractivity contribution is 5.81. The molecule has 6 heteroatoms. The predicted molar refractivity (Wildman–Crippen MR) is 68.2 cm³/mol. The first-order valence-corrected chi connectivity index (χ1v) is 6.53. The van der Waals surface area contributed by atoms with Gasteiger partial charge in [0.15, 0.2) is 0 Å². The van der Waals surface area contributed by atoms with Crippen LogP contribution < -0.4 is 5.32 Å². The van der Waals surface area contributed by atoms with Gasteiger partial charge >= 0.3 is 0 Å². The lowest BCUT2D eigenvalue weighted by atomic mass is 10.4. The second-order valence-corrected chi connectivity index (χ2v) is 4.16. The fraction of sp³-hybridized carbons (Fsp3) is 0.833. The zero-order valence-corrected chi connectivity index (χ0v) is 11.3. The van der Waals surface area contributed by atoms with E-state index in [9.17, 15) is 9.59 Å². The van der Waals surface area contributed by atoms with Crippen molar-refractivity contribution in [3.05, 3.63) is 0 Å². The third-order valence-electron chi connectivity index (χ3n) is 3.03. The number of likely N-dealkylation sites (N-methyl/N-ethyl adjacent to an activating group) is 1. The normalized spacial score (nSPS) is 15.6. The molecule has 1 saturated heterocycles. The van der Waals surface area contributed by atoms with Gasteiger partial charge in [-0.05, 0) is 13.8 Å². The Morgan fingerprint density at radius 2 is 1.78 bits per heavy atom. The maximum atomic E-state index is 11.8. The van der Waals surface area contributed by atoms with Gasteiger partial charge in [-0.3, -0.25) is 14.9 Å². The van der Waals surface area contributed by atoms with Crippen LogP contribution in [0.15, 0.2) is 0 Å². The molecule has 0 aliphatic carbocycles. The molecule has 1 aliphatic rings. The Balaban J connectivity index is 2.20. The molecule has 0 atom stereocenters. The first-order chi connectivity index (χ1) is 8.69. The second-order valence-electron chi connectivity index (χ2n) is 4.16. The Kier molecular flexibility index (Phi) is 6.67. The summed E-state index contributed by atoms with van der Waals surface area (Å²) in [7, 11) is 0. The van der Waals surface area contributed by atoms with E-state index in [1.54, 1.807) is 9.80 Å². The standard InChI is InChI=1S/C12H23N3O3/c1-3-14(4-2)11(16)9-13-10-12(17)15-5-7-18-8-6-15/h13H,3-10H2,1-2H3. The number of morpholine rings is 1. The summed E-state index contributed by atoms with van der Waals surface area (Å²) >= 11 is 0. The van der Waals surface area contributed by atoms with E-state index >= 15 is 0 Å². The van der Waals surface area contributed by atoms with Crippen LogP contribution >= 0.6 is 0 Å². The number of ether oxygens (including phenoxy) is 1. The predicted octanol–water partition coefficient (Wildman–Crippen LogP) is -0.697. The molecule has 1 aliphatic heterocycles. The van der Waals surface area contributed by atoms with Crippen molar-refractivity contribution in [2.24, 2.45) is 0 Å². The van der Waals surface area contributed by atoms with Crippen LogP contribution in [-0.2, 0) is 14.3 Å². The summed E-state index contributed by atoms with van der Waals surface area (Å²) in [6.07, 6.45) is 0. The van der Waals surface area contributed by atoms with Crippen LogP contribution in [0.4, 0.5) is 0 Å². The summed E-state index contributed by atoms with van der Waals surface area (Å²) in [5, 5.41) is 2.91. The lowest BCUT2D eigenvalue weighted by Crippen LogP contribution is -2.46. The summed E-state index contributed by atoms with van der Waals surface area (Å²) in [6.45, 7) is 8.22. The van der Waals surface area contributed by atoms with E-state index in [2.05, 4.69) is 5.32 Å². The highest BCUT2D eigenvalue weighted by atomic mass is 16.5. The average molecular weight is 257 g/mol. The molecule has 0 aromatic rings. The van der Waals surface area contributed by atoms with Crippen LogP contribution in [0.2, 0.25) is 0 Å². The fourth-order valence-electron chi connectivity index (χ4n) is 1.89. The molecule has 1 heterocycles. The van der Waals surface area contributed by atoms with Crippen molar-refractivity contribution in [1.29, 1.82) is 0 Å². The number of carbonyl (C=O) groups is 2. The van der Waals surface area contributed by atoms with Gasteiger partial charge in [0, 0.05) is 26.2 Å². The molecular formula is C12H23N3O3. The molecule has 1 rings (SSSR count). The van der Waals surface area contributed by atoms with E-state index < -0.39 is 0 Å². The molecule has 104 valence electrons. The maximum absolute atomic E-state index is 11.8. The maximum Gasteiger partial charge on any atom is 0.236 e. The van der Waals surface area contributed by atoms with Gasteiger partial charge in [-0.2, -0.15) is 0 Å². The van der Waals surface area contributed by atoms with Gasteiger partial charge in [0.25, 0.3) is 0 Å². The number of hydrogen-bond acceptors (Lipinski definition) is 4. The van der Waals surface area contributed by atoms with E-state index in [1.165, 1.54) is 0 Å². The minimum Gasteiger partial charge on any atom is -0.378 e. The van der Waals surface area contributed by atoms with Gasteiger partial charge in [0.2, 0.25) is 11.8 Å². The number of carbonyl (C=O) groups excluding carboxylic acids is 2. The monoisotopic (exact) mass is 257 g/mol.